The molecule has 0 fully saturated rings. The average molecular weight is 271 g/mol. The van der Waals surface area contributed by atoms with E-state index < -0.39 is 18.0 Å². The molecule has 0 aliphatic rings. The first-order valence-electron chi connectivity index (χ1n) is 4.41. The summed E-state index contributed by atoms with van der Waals surface area (Å²) < 4.78 is 29.6. The Labute approximate surface area is 120 Å². The van der Waals surface area contributed by atoms with Crippen LogP contribution in [-0.2, 0) is 10.1 Å². The maximum absolute atomic E-state index is 10.5. The van der Waals surface area contributed by atoms with Gasteiger partial charge in [0.2, 0.25) is 0 Å². The SMILES string of the molecule is N#CCCP(CCC#N)CCS(=O)(=O)O.[Na]. The fraction of sp³-hybridized carbons (Fsp3) is 0.750. The van der Waals surface area contributed by atoms with E-state index in [1.54, 1.807) is 0 Å². The molecule has 5 nitrogen and oxygen atoms in total. The van der Waals surface area contributed by atoms with Gasteiger partial charge in [0.1, 0.15) is 0 Å². The van der Waals surface area contributed by atoms with Crippen molar-refractivity contribution >= 4 is 47.6 Å². The fourth-order valence-electron chi connectivity index (χ4n) is 0.996. The van der Waals surface area contributed by atoms with Crippen LogP contribution in [0.5, 0.6) is 0 Å². The molecule has 1 radical (unpaired) electrons. The Morgan fingerprint density at radius 1 is 1.06 bits per heavy atom. The van der Waals surface area contributed by atoms with Crippen LogP contribution < -0.4 is 0 Å². The minimum absolute atomic E-state index is 0. The summed E-state index contributed by atoms with van der Waals surface area (Å²) in [5.41, 5.74) is 0. The van der Waals surface area contributed by atoms with Gasteiger partial charge in [0, 0.05) is 42.4 Å². The van der Waals surface area contributed by atoms with E-state index in [1.165, 1.54) is 0 Å². The molecule has 0 aromatic rings. The van der Waals surface area contributed by atoms with Gasteiger partial charge in [-0.05, 0) is 18.5 Å². The van der Waals surface area contributed by atoms with Crippen LogP contribution in [0.4, 0.5) is 0 Å². The molecule has 8 heteroatoms. The Balaban J connectivity index is 0. The Kier molecular flexibility index (Phi) is 12.2. The second kappa shape index (κ2) is 10.5. The van der Waals surface area contributed by atoms with Gasteiger partial charge in [-0.2, -0.15) is 18.9 Å². The smallest absolute Gasteiger partial charge is 0.265 e. The number of hydrogen-bond acceptors (Lipinski definition) is 4. The van der Waals surface area contributed by atoms with Crippen molar-refractivity contribution in [2.75, 3.05) is 24.2 Å². The Morgan fingerprint density at radius 2 is 1.50 bits per heavy atom. The van der Waals surface area contributed by atoms with Gasteiger partial charge in [-0.25, -0.2) is 0 Å². The number of hydrogen-bond donors (Lipinski definition) is 1. The molecule has 16 heavy (non-hydrogen) atoms. The summed E-state index contributed by atoms with van der Waals surface area (Å²) in [6.07, 6.45) is 2.41. The van der Waals surface area contributed by atoms with Gasteiger partial charge in [0.15, 0.2) is 0 Å². The maximum atomic E-state index is 10.5. The second-order valence-corrected chi connectivity index (χ2v) is 7.20. The molecule has 0 aliphatic heterocycles. The molecule has 0 saturated heterocycles. The van der Waals surface area contributed by atoms with Crippen LogP contribution in [0.1, 0.15) is 12.8 Å². The molecule has 0 aromatic heterocycles. The molecule has 0 aliphatic carbocycles. The third-order valence-corrected chi connectivity index (χ3v) is 5.34. The zero-order chi connectivity index (χ0) is 11.7. The van der Waals surface area contributed by atoms with E-state index in [1.807, 2.05) is 12.1 Å². The van der Waals surface area contributed by atoms with E-state index >= 15 is 0 Å². The van der Waals surface area contributed by atoms with Crippen molar-refractivity contribution < 1.29 is 13.0 Å². The van der Waals surface area contributed by atoms with E-state index in [9.17, 15) is 8.42 Å². The first-order chi connectivity index (χ1) is 6.99. The van der Waals surface area contributed by atoms with Gasteiger partial charge >= 0.3 is 0 Å². The zero-order valence-electron chi connectivity index (χ0n) is 9.26. The monoisotopic (exact) mass is 271 g/mol. The van der Waals surface area contributed by atoms with Crippen LogP contribution in [0.15, 0.2) is 0 Å². The van der Waals surface area contributed by atoms with Gasteiger partial charge in [0.05, 0.1) is 17.9 Å². The van der Waals surface area contributed by atoms with E-state index in [2.05, 4.69) is 0 Å². The van der Waals surface area contributed by atoms with E-state index in [0.717, 1.165) is 0 Å². The van der Waals surface area contributed by atoms with Crippen LogP contribution >= 0.6 is 7.92 Å². The Morgan fingerprint density at radius 3 is 1.81 bits per heavy atom. The average Bonchev–Trinajstić information content (AvgIpc) is 2.15. The summed E-state index contributed by atoms with van der Waals surface area (Å²) in [5, 5.41) is 16.8. The first kappa shape index (κ1) is 18.7. The number of nitrogens with zero attached hydrogens (tertiary/aromatic N) is 2. The van der Waals surface area contributed by atoms with Crippen LogP contribution in [0.25, 0.3) is 0 Å². The van der Waals surface area contributed by atoms with E-state index in [4.69, 9.17) is 15.1 Å². The normalized spacial score (nSPS) is 10.2. The van der Waals surface area contributed by atoms with Gasteiger partial charge in [-0.1, -0.05) is 0 Å². The number of nitriles is 2. The first-order valence-corrected chi connectivity index (χ1v) is 7.91. The van der Waals surface area contributed by atoms with Crippen LogP contribution in [0, 0.1) is 22.7 Å². The van der Waals surface area contributed by atoms with Crippen molar-refractivity contribution in [3.05, 3.63) is 0 Å². The number of rotatable bonds is 7. The molecular formula is C8H13N2NaO3PS. The van der Waals surface area contributed by atoms with E-state index in [0.29, 0.717) is 31.3 Å². The molecule has 1 N–H and O–H groups in total. The largest absolute Gasteiger partial charge is 0.286 e. The standard InChI is InChI=1S/C8H13N2O3PS.Na/c9-3-1-5-14(6-2-4-10)7-8-15(11,12)13;/h1-2,5-8H2,(H,11,12,13);. The van der Waals surface area contributed by atoms with Gasteiger partial charge in [-0.3, -0.25) is 4.55 Å². The van der Waals surface area contributed by atoms with Crippen molar-refractivity contribution in [1.29, 1.82) is 10.5 Å². The van der Waals surface area contributed by atoms with Gasteiger partial charge in [0.25, 0.3) is 10.1 Å². The minimum atomic E-state index is -3.92. The predicted molar refractivity (Wildman–Crippen MR) is 64.2 cm³/mol. The maximum Gasteiger partial charge on any atom is 0.265 e. The Hall–Kier alpha value is 0.320. The van der Waals surface area contributed by atoms with Gasteiger partial charge < -0.3 is 0 Å². The summed E-state index contributed by atoms with van der Waals surface area (Å²) in [6, 6.07) is 3.99. The topological polar surface area (TPSA) is 102 Å². The van der Waals surface area contributed by atoms with Crippen molar-refractivity contribution in [1.82, 2.24) is 0 Å². The summed E-state index contributed by atoms with van der Waals surface area (Å²) in [6.45, 7) is 0. The molecule has 0 saturated carbocycles. The van der Waals surface area contributed by atoms with Crippen molar-refractivity contribution in [2.45, 2.75) is 12.8 Å². The molecule has 0 unspecified atom stereocenters. The molecule has 0 aromatic carbocycles. The molecule has 0 amide bonds. The van der Waals surface area contributed by atoms with Crippen molar-refractivity contribution in [3.8, 4) is 12.1 Å². The molecule has 0 rings (SSSR count). The molecule has 0 spiro atoms. The molecule has 0 bridgehead atoms. The fourth-order valence-corrected chi connectivity index (χ4v) is 4.46. The summed E-state index contributed by atoms with van der Waals surface area (Å²) in [5.74, 6) is -0.268. The minimum Gasteiger partial charge on any atom is -0.286 e. The predicted octanol–water partition coefficient (Wildman–Crippen LogP) is 0.803. The summed E-state index contributed by atoms with van der Waals surface area (Å²) in [4.78, 5) is 0. The van der Waals surface area contributed by atoms with Crippen molar-refractivity contribution in [3.63, 3.8) is 0 Å². The Bertz CT molecular complexity index is 342. The van der Waals surface area contributed by atoms with Crippen LogP contribution in [0.2, 0.25) is 0 Å². The van der Waals surface area contributed by atoms with E-state index in [-0.39, 0.29) is 35.3 Å². The van der Waals surface area contributed by atoms with Crippen molar-refractivity contribution in [2.24, 2.45) is 0 Å². The molecule has 0 heterocycles. The molecular weight excluding hydrogens is 258 g/mol. The second-order valence-electron chi connectivity index (χ2n) is 2.94. The summed E-state index contributed by atoms with van der Waals surface area (Å²) in [7, 11) is -4.54. The zero-order valence-corrected chi connectivity index (χ0v) is 13.0. The van der Waals surface area contributed by atoms with Gasteiger partial charge in [-0.15, -0.1) is 7.92 Å². The quantitative estimate of drug-likeness (QED) is 0.419. The third kappa shape index (κ3) is 12.4. The summed E-state index contributed by atoms with van der Waals surface area (Å²) >= 11 is 0. The third-order valence-electron chi connectivity index (χ3n) is 1.75. The molecule has 0 atom stereocenters. The molecule has 85 valence electrons. The van der Waals surface area contributed by atoms with Crippen LogP contribution in [-0.4, -0.2) is 66.8 Å². The van der Waals surface area contributed by atoms with Crippen LogP contribution in [0.3, 0.4) is 0 Å².